The number of nitrogens with one attached hydrogen (secondary N) is 1. The predicted octanol–water partition coefficient (Wildman–Crippen LogP) is 6.57. The third-order valence-electron chi connectivity index (χ3n) is 6.10. The molecule has 6 heteroatoms. The molecule has 1 fully saturated rings. The molecule has 0 bridgehead atoms. The van der Waals surface area contributed by atoms with Crippen LogP contribution in [0, 0.1) is 0 Å². The molecule has 1 aliphatic rings. The van der Waals surface area contributed by atoms with Gasteiger partial charge < -0.3 is 19.5 Å². The average molecular weight is 452 g/mol. The van der Waals surface area contributed by atoms with Crippen LogP contribution in [0.1, 0.15) is 43.4 Å². The first-order valence-electron chi connectivity index (χ1n) is 11.2. The average Bonchev–Trinajstić information content (AvgIpc) is 3.24. The van der Waals surface area contributed by atoms with Gasteiger partial charge in [0.1, 0.15) is 5.75 Å². The topological polar surface area (TPSA) is 46.5 Å². The largest absolute Gasteiger partial charge is 0.497 e. The maximum Gasteiger partial charge on any atom is 0.322 e. The van der Waals surface area contributed by atoms with E-state index in [2.05, 4.69) is 28.2 Å². The molecular weight excluding hydrogens is 422 g/mol. The smallest absolute Gasteiger partial charge is 0.322 e. The SMILES string of the molecule is COc1cccc(NC(=O)N(Cc2cccn2Cc2cccc(Cl)c2)C2CCCCC2)c1. The van der Waals surface area contributed by atoms with Gasteiger partial charge in [-0.05, 0) is 54.8 Å². The Morgan fingerprint density at radius 3 is 2.69 bits per heavy atom. The van der Waals surface area contributed by atoms with E-state index in [0.29, 0.717) is 6.54 Å². The second-order valence-electron chi connectivity index (χ2n) is 8.34. The minimum absolute atomic E-state index is 0.0688. The van der Waals surface area contributed by atoms with Crippen LogP contribution in [0.4, 0.5) is 10.5 Å². The van der Waals surface area contributed by atoms with E-state index in [4.69, 9.17) is 16.3 Å². The fraction of sp³-hybridized carbons (Fsp3) is 0.346. The highest BCUT2D eigenvalue weighted by Gasteiger charge is 2.26. The van der Waals surface area contributed by atoms with E-state index < -0.39 is 0 Å². The van der Waals surface area contributed by atoms with Crippen LogP contribution in [-0.2, 0) is 13.1 Å². The normalized spacial score (nSPS) is 14.2. The summed E-state index contributed by atoms with van der Waals surface area (Å²) < 4.78 is 7.50. The molecule has 1 N–H and O–H groups in total. The standard InChI is InChI=1S/C26H30ClN3O2/c1-32-25-14-6-10-22(17-25)28-26(31)30(23-11-3-2-4-12-23)19-24-13-7-15-29(24)18-20-8-5-9-21(27)16-20/h5-10,13-17,23H,2-4,11-12,18-19H2,1H3,(H,28,31). The number of nitrogens with zero attached hydrogens (tertiary/aromatic N) is 2. The number of amides is 2. The highest BCUT2D eigenvalue weighted by molar-refractivity contribution is 6.30. The minimum Gasteiger partial charge on any atom is -0.497 e. The molecule has 0 saturated heterocycles. The number of carbonyl (C=O) groups excluding carboxylic acids is 1. The summed E-state index contributed by atoms with van der Waals surface area (Å²) in [6.07, 6.45) is 7.72. The highest BCUT2D eigenvalue weighted by atomic mass is 35.5. The van der Waals surface area contributed by atoms with Crippen LogP contribution in [-0.4, -0.2) is 28.6 Å². The van der Waals surface area contributed by atoms with Crippen LogP contribution in [0.2, 0.25) is 5.02 Å². The van der Waals surface area contributed by atoms with Gasteiger partial charge in [-0.1, -0.05) is 49.1 Å². The van der Waals surface area contributed by atoms with Gasteiger partial charge in [0.25, 0.3) is 0 Å². The van der Waals surface area contributed by atoms with E-state index in [9.17, 15) is 4.79 Å². The Morgan fingerprint density at radius 2 is 1.91 bits per heavy atom. The first-order valence-corrected chi connectivity index (χ1v) is 11.6. The Bertz CT molecular complexity index is 1040. The number of halogens is 1. The molecule has 0 radical (unpaired) electrons. The van der Waals surface area contributed by atoms with Crippen LogP contribution in [0.15, 0.2) is 66.9 Å². The van der Waals surface area contributed by atoms with Gasteiger partial charge in [-0.3, -0.25) is 0 Å². The lowest BCUT2D eigenvalue weighted by atomic mass is 9.94. The van der Waals surface area contributed by atoms with E-state index in [1.54, 1.807) is 7.11 Å². The molecular formula is C26H30ClN3O2. The molecule has 0 atom stereocenters. The molecule has 0 unspecified atom stereocenters. The first kappa shape index (κ1) is 22.3. The van der Waals surface area contributed by atoms with Crippen molar-refractivity contribution in [3.8, 4) is 5.75 Å². The first-order chi connectivity index (χ1) is 15.6. The lowest BCUT2D eigenvalue weighted by Gasteiger charge is -2.34. The Kier molecular flexibility index (Phi) is 7.38. The van der Waals surface area contributed by atoms with Crippen LogP contribution in [0.5, 0.6) is 5.75 Å². The highest BCUT2D eigenvalue weighted by Crippen LogP contribution is 2.26. The lowest BCUT2D eigenvalue weighted by Crippen LogP contribution is -2.43. The number of ether oxygens (including phenoxy) is 1. The summed E-state index contributed by atoms with van der Waals surface area (Å²) in [6, 6.07) is 19.7. The summed E-state index contributed by atoms with van der Waals surface area (Å²) in [5.41, 5.74) is 2.99. The van der Waals surface area contributed by atoms with Crippen molar-refractivity contribution in [1.29, 1.82) is 0 Å². The molecule has 1 aliphatic carbocycles. The number of urea groups is 1. The van der Waals surface area contributed by atoms with Crippen LogP contribution < -0.4 is 10.1 Å². The van der Waals surface area contributed by atoms with Gasteiger partial charge in [0, 0.05) is 41.3 Å². The Balaban J connectivity index is 1.53. The second-order valence-corrected chi connectivity index (χ2v) is 8.78. The van der Waals surface area contributed by atoms with E-state index in [-0.39, 0.29) is 12.1 Å². The number of methoxy groups -OCH3 is 1. The summed E-state index contributed by atoms with van der Waals surface area (Å²) in [6.45, 7) is 1.28. The number of hydrogen-bond acceptors (Lipinski definition) is 2. The molecule has 5 nitrogen and oxygen atoms in total. The van der Waals surface area contributed by atoms with Gasteiger partial charge in [0.2, 0.25) is 0 Å². The van der Waals surface area contributed by atoms with Gasteiger partial charge in [0.05, 0.1) is 13.7 Å². The van der Waals surface area contributed by atoms with Crippen molar-refractivity contribution in [1.82, 2.24) is 9.47 Å². The summed E-state index contributed by atoms with van der Waals surface area (Å²) in [5, 5.41) is 3.82. The summed E-state index contributed by atoms with van der Waals surface area (Å²) in [7, 11) is 1.63. The molecule has 2 amide bonds. The number of benzene rings is 2. The molecule has 1 saturated carbocycles. The van der Waals surface area contributed by atoms with Gasteiger partial charge in [-0.15, -0.1) is 0 Å². The maximum absolute atomic E-state index is 13.4. The molecule has 3 aromatic rings. The number of carbonyl (C=O) groups is 1. The van der Waals surface area contributed by atoms with Crippen molar-refractivity contribution in [3.05, 3.63) is 83.1 Å². The van der Waals surface area contributed by atoms with E-state index in [1.165, 1.54) is 6.42 Å². The van der Waals surface area contributed by atoms with E-state index in [1.807, 2.05) is 53.4 Å². The Hall–Kier alpha value is -2.92. The van der Waals surface area contributed by atoms with Crippen LogP contribution >= 0.6 is 11.6 Å². The van der Waals surface area contributed by atoms with Crippen LogP contribution in [0.25, 0.3) is 0 Å². The number of anilines is 1. The van der Waals surface area contributed by atoms with Crippen LogP contribution in [0.3, 0.4) is 0 Å². The number of rotatable bonds is 7. The third-order valence-corrected chi connectivity index (χ3v) is 6.33. The van der Waals surface area contributed by atoms with Crippen molar-refractivity contribution in [2.75, 3.05) is 12.4 Å². The zero-order chi connectivity index (χ0) is 22.3. The fourth-order valence-corrected chi connectivity index (χ4v) is 4.62. The fourth-order valence-electron chi connectivity index (χ4n) is 4.41. The van der Waals surface area contributed by atoms with E-state index >= 15 is 0 Å². The lowest BCUT2D eigenvalue weighted by molar-refractivity contribution is 0.161. The second kappa shape index (κ2) is 10.6. The molecule has 1 heterocycles. The third kappa shape index (κ3) is 5.65. The van der Waals surface area contributed by atoms with Crippen molar-refractivity contribution in [2.24, 2.45) is 0 Å². The van der Waals surface area contributed by atoms with Crippen molar-refractivity contribution >= 4 is 23.3 Å². The molecule has 168 valence electrons. The maximum atomic E-state index is 13.4. The van der Waals surface area contributed by atoms with Gasteiger partial charge in [0.15, 0.2) is 0 Å². The number of hydrogen-bond donors (Lipinski definition) is 1. The van der Waals surface area contributed by atoms with Crippen molar-refractivity contribution < 1.29 is 9.53 Å². The predicted molar refractivity (Wildman–Crippen MR) is 129 cm³/mol. The Labute approximate surface area is 194 Å². The molecule has 2 aromatic carbocycles. The molecule has 4 rings (SSSR count). The summed E-state index contributed by atoms with van der Waals surface area (Å²) >= 11 is 6.17. The Morgan fingerprint density at radius 1 is 1.09 bits per heavy atom. The zero-order valence-electron chi connectivity index (χ0n) is 18.5. The van der Waals surface area contributed by atoms with E-state index in [0.717, 1.165) is 59.9 Å². The number of aromatic nitrogens is 1. The summed E-state index contributed by atoms with van der Waals surface area (Å²) in [5.74, 6) is 0.724. The van der Waals surface area contributed by atoms with Gasteiger partial charge in [-0.25, -0.2) is 4.79 Å². The minimum atomic E-state index is -0.0688. The molecule has 0 aliphatic heterocycles. The van der Waals surface area contributed by atoms with Crippen molar-refractivity contribution in [3.63, 3.8) is 0 Å². The molecule has 0 spiro atoms. The van der Waals surface area contributed by atoms with Gasteiger partial charge >= 0.3 is 6.03 Å². The zero-order valence-corrected chi connectivity index (χ0v) is 19.2. The molecule has 1 aromatic heterocycles. The monoisotopic (exact) mass is 451 g/mol. The quantitative estimate of drug-likeness (QED) is 0.441. The van der Waals surface area contributed by atoms with Gasteiger partial charge in [-0.2, -0.15) is 0 Å². The van der Waals surface area contributed by atoms with Crippen molar-refractivity contribution in [2.45, 2.75) is 51.2 Å². The summed E-state index contributed by atoms with van der Waals surface area (Å²) in [4.78, 5) is 15.4. The molecule has 32 heavy (non-hydrogen) atoms.